The van der Waals surface area contributed by atoms with Crippen LogP contribution in [0.4, 0.5) is 5.95 Å². The maximum atomic E-state index is 9.77. The van der Waals surface area contributed by atoms with Gasteiger partial charge in [-0.05, 0) is 4.92 Å². The molecule has 9 heavy (non-hydrogen) atoms. The van der Waals surface area contributed by atoms with Gasteiger partial charge in [-0.25, -0.2) is 4.98 Å². The first kappa shape index (κ1) is 8.13. The fraction of sp³-hybridized carbons (Fsp3) is 0. The van der Waals surface area contributed by atoms with Gasteiger partial charge in [-0.2, -0.15) is 0 Å². The first-order valence-corrected chi connectivity index (χ1v) is 1.94. The van der Waals surface area contributed by atoms with E-state index in [1.165, 1.54) is 12.4 Å². The van der Waals surface area contributed by atoms with Gasteiger partial charge in [0.05, 0.1) is 6.20 Å². The quantitative estimate of drug-likeness (QED) is 0.381. The van der Waals surface area contributed by atoms with E-state index in [2.05, 4.69) is 9.97 Å². The summed E-state index contributed by atoms with van der Waals surface area (Å²) in [4.78, 5) is 14.9. The SMILES string of the molecule is O=[N+]([O-])c1ncc[nH]1.[Cu]. The van der Waals surface area contributed by atoms with E-state index in [1.54, 1.807) is 0 Å². The van der Waals surface area contributed by atoms with Crippen molar-refractivity contribution in [3.05, 3.63) is 22.5 Å². The zero-order chi connectivity index (χ0) is 5.98. The van der Waals surface area contributed by atoms with Crippen molar-refractivity contribution in [2.45, 2.75) is 0 Å². The number of rotatable bonds is 1. The molecule has 0 fully saturated rings. The molecule has 0 atom stereocenters. The van der Waals surface area contributed by atoms with Crippen LogP contribution in [0.2, 0.25) is 0 Å². The number of nitrogens with zero attached hydrogens (tertiary/aromatic N) is 2. The minimum Gasteiger partial charge on any atom is -0.390 e. The summed E-state index contributed by atoms with van der Waals surface area (Å²) in [5.41, 5.74) is 0. The molecule has 0 bridgehead atoms. The predicted molar refractivity (Wildman–Crippen MR) is 25.2 cm³/mol. The topological polar surface area (TPSA) is 71.8 Å². The van der Waals surface area contributed by atoms with Crippen LogP contribution in [-0.4, -0.2) is 14.9 Å². The number of imidazole rings is 1. The molecule has 6 heteroatoms. The second-order valence-corrected chi connectivity index (χ2v) is 1.17. The average molecular weight is 177 g/mol. The van der Waals surface area contributed by atoms with Gasteiger partial charge in [-0.15, -0.1) is 0 Å². The minimum atomic E-state index is -0.583. The molecule has 1 heterocycles. The van der Waals surface area contributed by atoms with Crippen LogP contribution in [-0.2, 0) is 17.1 Å². The van der Waals surface area contributed by atoms with Crippen molar-refractivity contribution in [3.63, 3.8) is 0 Å². The maximum absolute atomic E-state index is 9.77. The molecule has 0 aromatic carbocycles. The number of nitro groups is 1. The van der Waals surface area contributed by atoms with Gasteiger partial charge in [-0.3, -0.25) is 0 Å². The maximum Gasteiger partial charge on any atom is 0.432 e. The Bertz CT molecular complexity index is 185. The summed E-state index contributed by atoms with van der Waals surface area (Å²) in [5, 5.41) is 9.77. The van der Waals surface area contributed by atoms with Crippen molar-refractivity contribution in [1.29, 1.82) is 0 Å². The van der Waals surface area contributed by atoms with E-state index in [-0.39, 0.29) is 23.0 Å². The van der Waals surface area contributed by atoms with E-state index in [4.69, 9.17) is 0 Å². The fourth-order valence-corrected chi connectivity index (χ4v) is 0.357. The molecule has 1 N–H and O–H groups in total. The second-order valence-electron chi connectivity index (χ2n) is 1.17. The summed E-state index contributed by atoms with van der Waals surface area (Å²) in [6, 6.07) is 0. The van der Waals surface area contributed by atoms with Crippen molar-refractivity contribution in [2.24, 2.45) is 0 Å². The van der Waals surface area contributed by atoms with Gasteiger partial charge in [0.1, 0.15) is 6.20 Å². The first-order chi connectivity index (χ1) is 3.80. The van der Waals surface area contributed by atoms with Crippen molar-refractivity contribution >= 4 is 5.95 Å². The Balaban J connectivity index is 0.000000640. The number of hydrogen-bond donors (Lipinski definition) is 1. The molecule has 53 valence electrons. The molecule has 0 amide bonds. The molecule has 0 saturated heterocycles. The molecule has 0 saturated carbocycles. The van der Waals surface area contributed by atoms with Gasteiger partial charge in [0.25, 0.3) is 0 Å². The Hall–Kier alpha value is -0.871. The molecule has 1 aromatic heterocycles. The van der Waals surface area contributed by atoms with Crippen LogP contribution in [0.3, 0.4) is 0 Å². The smallest absolute Gasteiger partial charge is 0.390 e. The molecule has 0 spiro atoms. The predicted octanol–water partition coefficient (Wildman–Crippen LogP) is 0.315. The van der Waals surface area contributed by atoms with Crippen molar-refractivity contribution in [3.8, 4) is 0 Å². The number of H-pyrrole nitrogens is 1. The molecule has 0 aliphatic heterocycles. The van der Waals surface area contributed by atoms with Crippen LogP contribution in [0.25, 0.3) is 0 Å². The molecule has 0 unspecified atom stereocenters. The van der Waals surface area contributed by atoms with Crippen LogP contribution in [0.1, 0.15) is 0 Å². The van der Waals surface area contributed by atoms with Crippen LogP contribution < -0.4 is 0 Å². The monoisotopic (exact) mass is 176 g/mol. The minimum absolute atomic E-state index is 0. The van der Waals surface area contributed by atoms with E-state index in [0.29, 0.717) is 0 Å². The first-order valence-electron chi connectivity index (χ1n) is 1.94. The fourth-order valence-electron chi connectivity index (χ4n) is 0.357. The van der Waals surface area contributed by atoms with Crippen LogP contribution in [0.15, 0.2) is 12.4 Å². The van der Waals surface area contributed by atoms with E-state index in [1.807, 2.05) is 0 Å². The van der Waals surface area contributed by atoms with Crippen LogP contribution in [0.5, 0.6) is 0 Å². The Labute approximate surface area is 61.1 Å². The summed E-state index contributed by atoms with van der Waals surface area (Å²) < 4.78 is 0. The summed E-state index contributed by atoms with van der Waals surface area (Å²) >= 11 is 0. The number of aromatic nitrogens is 2. The molecule has 0 aliphatic carbocycles. The summed E-state index contributed by atoms with van der Waals surface area (Å²) in [7, 11) is 0. The van der Waals surface area contributed by atoms with Crippen molar-refractivity contribution < 1.29 is 22.0 Å². The van der Waals surface area contributed by atoms with Crippen molar-refractivity contribution in [1.82, 2.24) is 9.97 Å². The van der Waals surface area contributed by atoms with Gasteiger partial charge in [0.15, 0.2) is 0 Å². The molecular weight excluding hydrogens is 174 g/mol. The van der Waals surface area contributed by atoms with E-state index in [0.717, 1.165) is 0 Å². The Morgan fingerprint density at radius 1 is 1.78 bits per heavy atom. The molecule has 1 aromatic rings. The molecular formula is C3H3CuN3O2. The number of aromatic amines is 1. The van der Waals surface area contributed by atoms with Gasteiger partial charge >= 0.3 is 5.95 Å². The van der Waals surface area contributed by atoms with E-state index in [9.17, 15) is 10.1 Å². The third kappa shape index (κ3) is 1.83. The molecule has 1 radical (unpaired) electrons. The van der Waals surface area contributed by atoms with Gasteiger partial charge in [-0.1, -0.05) is 4.98 Å². The Morgan fingerprint density at radius 2 is 2.44 bits per heavy atom. The second kappa shape index (κ2) is 3.21. The summed E-state index contributed by atoms with van der Waals surface area (Å²) in [5.74, 6) is -0.218. The van der Waals surface area contributed by atoms with E-state index < -0.39 is 4.92 Å². The largest absolute Gasteiger partial charge is 0.432 e. The van der Waals surface area contributed by atoms with Gasteiger partial charge in [0.2, 0.25) is 0 Å². The van der Waals surface area contributed by atoms with Gasteiger partial charge < -0.3 is 10.1 Å². The third-order valence-corrected chi connectivity index (χ3v) is 0.657. The summed E-state index contributed by atoms with van der Waals surface area (Å²) in [6.45, 7) is 0. The van der Waals surface area contributed by atoms with Crippen LogP contribution in [0, 0.1) is 10.1 Å². The molecule has 1 rings (SSSR count). The Morgan fingerprint density at radius 3 is 2.67 bits per heavy atom. The van der Waals surface area contributed by atoms with Crippen LogP contribution >= 0.6 is 0 Å². The van der Waals surface area contributed by atoms with Crippen molar-refractivity contribution in [2.75, 3.05) is 0 Å². The van der Waals surface area contributed by atoms with E-state index >= 15 is 0 Å². The summed E-state index contributed by atoms with van der Waals surface area (Å²) in [6.07, 6.45) is 2.73. The third-order valence-electron chi connectivity index (χ3n) is 0.657. The van der Waals surface area contributed by atoms with Gasteiger partial charge in [0, 0.05) is 17.1 Å². The average Bonchev–Trinajstić information content (AvgIpc) is 2.12. The zero-order valence-electron chi connectivity index (χ0n) is 4.17. The standard InChI is InChI=1S/C3H3N3O2.Cu/c7-6(8)3-4-1-2-5-3;/h1-2H,(H,4,5);. The Kier molecular flexibility index (Phi) is 2.90. The normalized spacial score (nSPS) is 8.00. The zero-order valence-corrected chi connectivity index (χ0v) is 5.11. The number of hydrogen-bond acceptors (Lipinski definition) is 3. The number of nitrogens with one attached hydrogen (secondary N) is 1. The molecule has 5 nitrogen and oxygen atoms in total. The molecule has 0 aliphatic rings.